The van der Waals surface area contributed by atoms with Gasteiger partial charge in [-0.05, 0) is 38.8 Å². The van der Waals surface area contributed by atoms with Gasteiger partial charge in [-0.3, -0.25) is 0 Å². The van der Waals surface area contributed by atoms with Crippen LogP contribution in [0.15, 0.2) is 0 Å². The Balaban J connectivity index is 2.00. The molecule has 0 saturated carbocycles. The summed E-state index contributed by atoms with van der Waals surface area (Å²) in [5.74, 6) is 0. The molecular formula is C11H23NO2. The Morgan fingerprint density at radius 3 is 2.86 bits per heavy atom. The second-order valence-electron chi connectivity index (χ2n) is 3.94. The minimum atomic E-state index is 0.272. The summed E-state index contributed by atoms with van der Waals surface area (Å²) in [6.07, 6.45) is 5.37. The van der Waals surface area contributed by atoms with Gasteiger partial charge in [0.25, 0.3) is 0 Å². The van der Waals surface area contributed by atoms with Crippen LogP contribution < -0.4 is 0 Å². The Morgan fingerprint density at radius 1 is 1.43 bits per heavy atom. The molecule has 1 N–H and O–H groups in total. The van der Waals surface area contributed by atoms with Crippen LogP contribution in [0.4, 0.5) is 0 Å². The van der Waals surface area contributed by atoms with Crippen LogP contribution in [0, 0.1) is 0 Å². The summed E-state index contributed by atoms with van der Waals surface area (Å²) in [6, 6.07) is 0. The van der Waals surface area contributed by atoms with E-state index in [0.717, 1.165) is 26.2 Å². The Kier molecular flexibility index (Phi) is 6.15. The van der Waals surface area contributed by atoms with Gasteiger partial charge in [-0.15, -0.1) is 0 Å². The van der Waals surface area contributed by atoms with Crippen LogP contribution in [0.25, 0.3) is 0 Å². The standard InChI is InChI=1S/C11H23NO2/c1-2-12(8-9-13)7-3-5-11-6-4-10-14-11/h11,13H,2-10H2,1H3. The van der Waals surface area contributed by atoms with E-state index in [1.807, 2.05) is 0 Å². The lowest BCUT2D eigenvalue weighted by Gasteiger charge is -2.19. The summed E-state index contributed by atoms with van der Waals surface area (Å²) in [5, 5.41) is 8.81. The zero-order valence-electron chi connectivity index (χ0n) is 9.24. The predicted molar refractivity (Wildman–Crippen MR) is 57.4 cm³/mol. The molecule has 1 atom stereocenters. The fourth-order valence-corrected chi connectivity index (χ4v) is 1.98. The second-order valence-corrected chi connectivity index (χ2v) is 3.94. The third-order valence-corrected chi connectivity index (χ3v) is 2.89. The largest absolute Gasteiger partial charge is 0.395 e. The molecule has 0 bridgehead atoms. The SMILES string of the molecule is CCN(CCO)CCCC1CCCO1. The van der Waals surface area contributed by atoms with Crippen molar-refractivity contribution in [2.45, 2.75) is 38.7 Å². The van der Waals surface area contributed by atoms with Crippen molar-refractivity contribution < 1.29 is 9.84 Å². The number of hydrogen-bond donors (Lipinski definition) is 1. The molecule has 1 heterocycles. The third kappa shape index (κ3) is 4.40. The zero-order chi connectivity index (χ0) is 10.2. The lowest BCUT2D eigenvalue weighted by Crippen LogP contribution is -2.28. The number of rotatable bonds is 7. The van der Waals surface area contributed by atoms with Gasteiger partial charge in [0.1, 0.15) is 0 Å². The zero-order valence-corrected chi connectivity index (χ0v) is 9.24. The first-order chi connectivity index (χ1) is 6.86. The quantitative estimate of drug-likeness (QED) is 0.673. The highest BCUT2D eigenvalue weighted by atomic mass is 16.5. The Bertz CT molecular complexity index is 135. The van der Waals surface area contributed by atoms with Gasteiger partial charge in [-0.2, -0.15) is 0 Å². The van der Waals surface area contributed by atoms with Gasteiger partial charge in [-0.25, -0.2) is 0 Å². The average Bonchev–Trinajstić information content (AvgIpc) is 2.69. The van der Waals surface area contributed by atoms with Crippen molar-refractivity contribution in [3.63, 3.8) is 0 Å². The third-order valence-electron chi connectivity index (χ3n) is 2.89. The monoisotopic (exact) mass is 201 g/mol. The number of nitrogens with zero attached hydrogens (tertiary/aromatic N) is 1. The minimum absolute atomic E-state index is 0.272. The Hall–Kier alpha value is -0.120. The van der Waals surface area contributed by atoms with Crippen LogP contribution in [0.5, 0.6) is 0 Å². The summed E-state index contributed by atoms with van der Waals surface area (Å²) in [5.41, 5.74) is 0. The van der Waals surface area contributed by atoms with E-state index in [-0.39, 0.29) is 6.61 Å². The Morgan fingerprint density at radius 2 is 2.29 bits per heavy atom. The van der Waals surface area contributed by atoms with E-state index in [4.69, 9.17) is 9.84 Å². The lowest BCUT2D eigenvalue weighted by molar-refractivity contribution is 0.0978. The van der Waals surface area contributed by atoms with Crippen LogP contribution in [-0.4, -0.2) is 49.0 Å². The molecular weight excluding hydrogens is 178 g/mol. The van der Waals surface area contributed by atoms with Gasteiger partial charge in [0.2, 0.25) is 0 Å². The molecule has 1 fully saturated rings. The van der Waals surface area contributed by atoms with Crippen LogP contribution in [0.2, 0.25) is 0 Å². The van der Waals surface area contributed by atoms with E-state index in [9.17, 15) is 0 Å². The number of likely N-dealkylation sites (N-methyl/N-ethyl adjacent to an activating group) is 1. The molecule has 14 heavy (non-hydrogen) atoms. The van der Waals surface area contributed by atoms with Gasteiger partial charge in [0, 0.05) is 13.2 Å². The highest BCUT2D eigenvalue weighted by molar-refractivity contribution is 4.66. The van der Waals surface area contributed by atoms with E-state index >= 15 is 0 Å². The average molecular weight is 201 g/mol. The molecule has 0 amide bonds. The maximum Gasteiger partial charge on any atom is 0.0576 e. The normalized spacial score (nSPS) is 22.1. The fraction of sp³-hybridized carbons (Fsp3) is 1.00. The molecule has 3 nitrogen and oxygen atoms in total. The molecule has 0 aliphatic carbocycles. The number of ether oxygens (including phenoxy) is 1. The molecule has 1 rings (SSSR count). The summed E-state index contributed by atoms with van der Waals surface area (Å²) < 4.78 is 5.56. The predicted octanol–water partition coefficient (Wildman–Crippen LogP) is 1.26. The van der Waals surface area contributed by atoms with Crippen molar-refractivity contribution >= 4 is 0 Å². The minimum Gasteiger partial charge on any atom is -0.395 e. The molecule has 0 aromatic carbocycles. The summed E-state index contributed by atoms with van der Waals surface area (Å²) >= 11 is 0. The van der Waals surface area contributed by atoms with Gasteiger partial charge < -0.3 is 14.7 Å². The highest BCUT2D eigenvalue weighted by Crippen LogP contribution is 2.16. The highest BCUT2D eigenvalue weighted by Gasteiger charge is 2.14. The first-order valence-corrected chi connectivity index (χ1v) is 5.81. The van der Waals surface area contributed by atoms with Crippen molar-refractivity contribution in [3.8, 4) is 0 Å². The number of hydrogen-bond acceptors (Lipinski definition) is 3. The summed E-state index contributed by atoms with van der Waals surface area (Å²) in [7, 11) is 0. The van der Waals surface area contributed by atoms with Gasteiger partial charge >= 0.3 is 0 Å². The topological polar surface area (TPSA) is 32.7 Å². The van der Waals surface area contributed by atoms with Crippen LogP contribution >= 0.6 is 0 Å². The molecule has 0 aromatic heterocycles. The van der Waals surface area contributed by atoms with Crippen LogP contribution in [0.1, 0.15) is 32.6 Å². The molecule has 1 unspecified atom stereocenters. The molecule has 84 valence electrons. The van der Waals surface area contributed by atoms with E-state index in [1.54, 1.807) is 0 Å². The summed E-state index contributed by atoms with van der Waals surface area (Å²) in [4.78, 5) is 2.29. The van der Waals surface area contributed by atoms with E-state index in [2.05, 4.69) is 11.8 Å². The number of aliphatic hydroxyl groups excluding tert-OH is 1. The van der Waals surface area contributed by atoms with Crippen molar-refractivity contribution in [2.24, 2.45) is 0 Å². The molecule has 0 spiro atoms. The summed E-state index contributed by atoms with van der Waals surface area (Å²) in [6.45, 7) is 6.30. The molecule has 0 radical (unpaired) electrons. The number of aliphatic hydroxyl groups is 1. The maximum absolute atomic E-state index is 8.81. The molecule has 1 aliphatic rings. The van der Waals surface area contributed by atoms with E-state index in [1.165, 1.54) is 25.7 Å². The first kappa shape index (κ1) is 12.0. The van der Waals surface area contributed by atoms with Crippen molar-refractivity contribution in [3.05, 3.63) is 0 Å². The Labute approximate surface area is 87.1 Å². The van der Waals surface area contributed by atoms with Crippen molar-refractivity contribution in [1.82, 2.24) is 4.90 Å². The molecule has 1 aliphatic heterocycles. The molecule has 3 heteroatoms. The molecule has 1 saturated heterocycles. The fourth-order valence-electron chi connectivity index (χ4n) is 1.98. The van der Waals surface area contributed by atoms with Crippen molar-refractivity contribution in [1.29, 1.82) is 0 Å². The smallest absolute Gasteiger partial charge is 0.0576 e. The second kappa shape index (κ2) is 7.21. The van der Waals surface area contributed by atoms with E-state index in [0.29, 0.717) is 6.10 Å². The first-order valence-electron chi connectivity index (χ1n) is 5.81. The van der Waals surface area contributed by atoms with Crippen molar-refractivity contribution in [2.75, 3.05) is 32.8 Å². The van der Waals surface area contributed by atoms with Crippen LogP contribution in [0.3, 0.4) is 0 Å². The maximum atomic E-state index is 8.81. The van der Waals surface area contributed by atoms with Gasteiger partial charge in [-0.1, -0.05) is 6.92 Å². The van der Waals surface area contributed by atoms with E-state index < -0.39 is 0 Å². The molecule has 0 aromatic rings. The van der Waals surface area contributed by atoms with Gasteiger partial charge in [0.05, 0.1) is 12.7 Å². The van der Waals surface area contributed by atoms with Crippen LogP contribution in [-0.2, 0) is 4.74 Å². The lowest BCUT2D eigenvalue weighted by atomic mass is 10.1. The van der Waals surface area contributed by atoms with Gasteiger partial charge in [0.15, 0.2) is 0 Å².